The van der Waals surface area contributed by atoms with Gasteiger partial charge in [-0.05, 0) is 42.2 Å². The minimum atomic E-state index is -4.95. The number of nitrogens with one attached hydrogen (secondary N) is 1. The number of likely N-dealkylation sites (tertiary alicyclic amines) is 1. The first kappa shape index (κ1) is 24.3. The van der Waals surface area contributed by atoms with E-state index >= 15 is 4.39 Å². The predicted octanol–water partition coefficient (Wildman–Crippen LogP) is 6.27. The van der Waals surface area contributed by atoms with Crippen molar-refractivity contribution in [3.8, 4) is 0 Å². The fourth-order valence-corrected chi connectivity index (χ4v) is 5.00. The number of alkyl halides is 4. The number of hydrogen-bond donors (Lipinski definition) is 1. The van der Waals surface area contributed by atoms with Gasteiger partial charge in [-0.2, -0.15) is 13.2 Å². The van der Waals surface area contributed by atoms with Crippen LogP contribution in [0.2, 0.25) is 10.0 Å². The summed E-state index contributed by atoms with van der Waals surface area (Å²) in [5.41, 5.74) is -2.29. The number of nitrogens with zero attached hydrogens (tertiary/aromatic N) is 1. The summed E-state index contributed by atoms with van der Waals surface area (Å²) in [4.78, 5) is 18.8. The molecular formula is C24H19Cl2F5N2O2. The number of rotatable bonds is 4. The molecule has 1 N–H and O–H groups in total. The molecule has 2 fully saturated rings. The first-order valence-electron chi connectivity index (χ1n) is 10.9. The average molecular weight is 533 g/mol. The molecule has 0 bridgehead atoms. The number of hydrogen-bond acceptors (Lipinski definition) is 3. The second-order valence-electron chi connectivity index (χ2n) is 9.11. The fourth-order valence-electron chi connectivity index (χ4n) is 4.51. The molecule has 2 aliphatic heterocycles. The monoisotopic (exact) mass is 532 g/mol. The van der Waals surface area contributed by atoms with Crippen LogP contribution in [0.5, 0.6) is 0 Å². The minimum absolute atomic E-state index is 0.0120. The Kier molecular flexibility index (Phi) is 5.81. The summed E-state index contributed by atoms with van der Waals surface area (Å²) in [5, 5.41) is -1.16. The van der Waals surface area contributed by atoms with Crippen molar-refractivity contribution in [1.29, 1.82) is 0 Å². The van der Waals surface area contributed by atoms with Gasteiger partial charge in [0, 0.05) is 11.5 Å². The molecule has 1 atom stereocenters. The van der Waals surface area contributed by atoms with E-state index in [1.807, 2.05) is 0 Å². The summed E-state index contributed by atoms with van der Waals surface area (Å²) in [6.07, 6.45) is -1.46. The van der Waals surface area contributed by atoms with Crippen molar-refractivity contribution in [1.82, 2.24) is 10.4 Å². The molecular weight excluding hydrogens is 514 g/mol. The zero-order valence-corrected chi connectivity index (χ0v) is 19.6. The summed E-state index contributed by atoms with van der Waals surface area (Å²) in [6, 6.07) is 7.49. The van der Waals surface area contributed by atoms with Crippen LogP contribution >= 0.6 is 23.2 Å². The number of carbonyl (C=O) groups is 1. The second kappa shape index (κ2) is 8.35. The van der Waals surface area contributed by atoms with E-state index in [0.717, 1.165) is 37.5 Å². The summed E-state index contributed by atoms with van der Waals surface area (Å²) < 4.78 is 71.5. The number of amides is 1. The van der Waals surface area contributed by atoms with E-state index in [9.17, 15) is 22.4 Å². The summed E-state index contributed by atoms with van der Waals surface area (Å²) in [7, 11) is 0. The van der Waals surface area contributed by atoms with Gasteiger partial charge < -0.3 is 4.90 Å². The Labute approximate surface area is 207 Å². The van der Waals surface area contributed by atoms with Crippen molar-refractivity contribution in [2.75, 3.05) is 13.1 Å². The van der Waals surface area contributed by atoms with Crippen molar-refractivity contribution in [2.45, 2.75) is 36.7 Å². The maximum Gasteiger partial charge on any atom is 0.428 e. The lowest BCUT2D eigenvalue weighted by Gasteiger charge is -2.47. The zero-order chi connectivity index (χ0) is 25.2. The molecule has 35 heavy (non-hydrogen) atoms. The van der Waals surface area contributed by atoms with Gasteiger partial charge in [0.05, 0.1) is 28.8 Å². The fraction of sp³-hybridized carbons (Fsp3) is 0.375. The standard InChI is InChI=1S/C24H19Cl2F5N2O2/c25-17-8-16(9-18(26)20(17)27)23(24(29,30)31)10-19(32-35-23)13-4-6-15(7-5-13)22(28)11-33(12-22)21(34)14-2-1-3-14/h4-10,14,32H,1-3,11-12H2. The van der Waals surface area contributed by atoms with Gasteiger partial charge >= 0.3 is 6.18 Å². The van der Waals surface area contributed by atoms with Gasteiger partial charge in [0.15, 0.2) is 11.5 Å². The molecule has 3 aliphatic rings. The van der Waals surface area contributed by atoms with E-state index in [1.54, 1.807) is 0 Å². The number of benzene rings is 2. The summed E-state index contributed by atoms with van der Waals surface area (Å²) in [5.74, 6) is -1.07. The molecule has 0 radical (unpaired) electrons. The van der Waals surface area contributed by atoms with Crippen LogP contribution in [0.25, 0.3) is 5.70 Å². The molecule has 1 saturated carbocycles. The molecule has 1 aliphatic carbocycles. The number of halogens is 7. The van der Waals surface area contributed by atoms with Gasteiger partial charge in [-0.3, -0.25) is 15.1 Å². The zero-order valence-electron chi connectivity index (χ0n) is 18.1. The number of carbonyl (C=O) groups excluding carboxylic acids is 1. The van der Waals surface area contributed by atoms with E-state index in [2.05, 4.69) is 5.48 Å². The lowest BCUT2D eigenvalue weighted by atomic mass is 9.81. The normalized spacial score (nSPS) is 23.9. The van der Waals surface area contributed by atoms with Gasteiger partial charge in [0.25, 0.3) is 0 Å². The van der Waals surface area contributed by atoms with Gasteiger partial charge in [-0.25, -0.2) is 8.78 Å². The van der Waals surface area contributed by atoms with E-state index in [0.29, 0.717) is 11.1 Å². The van der Waals surface area contributed by atoms with Gasteiger partial charge in [-0.1, -0.05) is 53.9 Å². The first-order valence-corrected chi connectivity index (χ1v) is 11.7. The highest BCUT2D eigenvalue weighted by molar-refractivity contribution is 6.35. The Morgan fingerprint density at radius 1 is 1.06 bits per heavy atom. The smallest absolute Gasteiger partial charge is 0.335 e. The van der Waals surface area contributed by atoms with E-state index in [-0.39, 0.29) is 30.6 Å². The molecule has 1 saturated heterocycles. The molecule has 0 aromatic heterocycles. The molecule has 2 aromatic carbocycles. The molecule has 0 spiro atoms. The highest BCUT2D eigenvalue weighted by atomic mass is 35.5. The van der Waals surface area contributed by atoms with Gasteiger partial charge in [0.1, 0.15) is 0 Å². The third kappa shape index (κ3) is 3.97. The summed E-state index contributed by atoms with van der Waals surface area (Å²) >= 11 is 11.4. The Bertz CT molecular complexity index is 1180. The third-order valence-corrected chi connectivity index (χ3v) is 7.42. The van der Waals surface area contributed by atoms with Crippen molar-refractivity contribution >= 4 is 34.8 Å². The maximum absolute atomic E-state index is 15.3. The topological polar surface area (TPSA) is 41.6 Å². The van der Waals surface area contributed by atoms with Crippen LogP contribution < -0.4 is 5.48 Å². The molecule has 2 heterocycles. The Balaban J connectivity index is 1.39. The van der Waals surface area contributed by atoms with Crippen LogP contribution in [0.1, 0.15) is 36.0 Å². The Morgan fingerprint density at radius 2 is 1.66 bits per heavy atom. The average Bonchev–Trinajstić information content (AvgIpc) is 3.21. The lowest BCUT2D eigenvalue weighted by molar-refractivity contribution is -0.269. The SMILES string of the molecule is O=C(C1CCC1)N1CC(F)(c2ccc(C3=CC(c4cc(Cl)c(F)c(Cl)c4)(C(F)(F)F)ON3)cc2)C1. The second-order valence-corrected chi connectivity index (χ2v) is 9.93. The molecule has 2 aromatic rings. The third-order valence-electron chi connectivity index (χ3n) is 6.87. The van der Waals surface area contributed by atoms with E-state index < -0.39 is 38.9 Å². The lowest BCUT2D eigenvalue weighted by Crippen LogP contribution is -2.60. The van der Waals surface area contributed by atoms with Crippen molar-refractivity contribution in [3.63, 3.8) is 0 Å². The van der Waals surface area contributed by atoms with Crippen LogP contribution in [0.4, 0.5) is 22.0 Å². The highest BCUT2D eigenvalue weighted by Gasteiger charge is 2.60. The van der Waals surface area contributed by atoms with Crippen LogP contribution in [-0.4, -0.2) is 30.1 Å². The van der Waals surface area contributed by atoms with Crippen molar-refractivity contribution in [3.05, 3.63) is 75.0 Å². The van der Waals surface area contributed by atoms with Gasteiger partial charge in [0.2, 0.25) is 11.5 Å². The molecule has 5 rings (SSSR count). The molecule has 4 nitrogen and oxygen atoms in total. The minimum Gasteiger partial charge on any atom is -0.335 e. The van der Waals surface area contributed by atoms with Crippen molar-refractivity contribution in [2.24, 2.45) is 5.92 Å². The van der Waals surface area contributed by atoms with E-state index in [4.69, 9.17) is 28.0 Å². The molecule has 186 valence electrons. The summed E-state index contributed by atoms with van der Waals surface area (Å²) in [6.45, 7) is -0.0932. The molecule has 1 amide bonds. The first-order chi connectivity index (χ1) is 16.4. The van der Waals surface area contributed by atoms with Crippen LogP contribution in [0.15, 0.2) is 42.5 Å². The molecule has 1 unspecified atom stereocenters. The quantitative estimate of drug-likeness (QED) is 0.372. The van der Waals surface area contributed by atoms with E-state index in [1.165, 1.54) is 29.2 Å². The van der Waals surface area contributed by atoms with Crippen molar-refractivity contribution < 1.29 is 31.6 Å². The Morgan fingerprint density at radius 3 is 2.17 bits per heavy atom. The predicted molar refractivity (Wildman–Crippen MR) is 119 cm³/mol. The largest absolute Gasteiger partial charge is 0.428 e. The Hall–Kier alpha value is -2.36. The molecule has 11 heteroatoms. The van der Waals surface area contributed by atoms with Crippen LogP contribution in [-0.2, 0) is 20.9 Å². The van der Waals surface area contributed by atoms with Crippen LogP contribution in [0.3, 0.4) is 0 Å². The van der Waals surface area contributed by atoms with Crippen LogP contribution in [0, 0.1) is 11.7 Å². The maximum atomic E-state index is 15.3. The number of hydroxylamine groups is 1. The van der Waals surface area contributed by atoms with Gasteiger partial charge in [-0.15, -0.1) is 0 Å². The highest BCUT2D eigenvalue weighted by Crippen LogP contribution is 2.49.